The molecule has 1 aliphatic rings. The van der Waals surface area contributed by atoms with E-state index in [2.05, 4.69) is 0 Å². The lowest BCUT2D eigenvalue weighted by Gasteiger charge is -2.31. The minimum Gasteiger partial charge on any atom is -0.496 e. The van der Waals surface area contributed by atoms with Crippen molar-refractivity contribution in [3.8, 4) is 5.75 Å². The van der Waals surface area contributed by atoms with Crippen LogP contribution in [-0.2, 0) is 10.0 Å². The highest BCUT2D eigenvalue weighted by molar-refractivity contribution is 7.89. The Kier molecular flexibility index (Phi) is 6.42. The molecule has 1 heterocycles. The second kappa shape index (κ2) is 8.16. The summed E-state index contributed by atoms with van der Waals surface area (Å²) < 4.78 is 32.1. The summed E-state index contributed by atoms with van der Waals surface area (Å²) in [4.78, 5) is 14.7. The molecule has 7 nitrogen and oxygen atoms in total. The monoisotopic (exact) mass is 369 g/mol. The average molecular weight is 369 g/mol. The molecule has 1 saturated heterocycles. The standard InChI is InChI=1S/C17H27N3O4S/c1-4-20(5-2)25(22,23)14-8-9-16(24-3)15(11-14)17(21)19-10-6-7-13(18)12-19/h8-9,11,13H,4-7,10,12,18H2,1-3H3. The SMILES string of the molecule is CCN(CC)S(=O)(=O)c1ccc(OC)c(C(=O)N2CCCC(N)C2)c1. The van der Waals surface area contributed by atoms with Gasteiger partial charge in [-0.2, -0.15) is 4.31 Å². The van der Waals surface area contributed by atoms with Crippen LogP contribution < -0.4 is 10.5 Å². The number of amides is 1. The molecule has 2 rings (SSSR count). The van der Waals surface area contributed by atoms with Gasteiger partial charge in [0.15, 0.2) is 0 Å². The van der Waals surface area contributed by atoms with Crippen LogP contribution >= 0.6 is 0 Å². The second-order valence-electron chi connectivity index (χ2n) is 6.10. The van der Waals surface area contributed by atoms with Crippen molar-refractivity contribution in [2.75, 3.05) is 33.3 Å². The Morgan fingerprint density at radius 3 is 2.60 bits per heavy atom. The summed E-state index contributed by atoms with van der Waals surface area (Å²) >= 11 is 0. The van der Waals surface area contributed by atoms with Crippen LogP contribution in [0.15, 0.2) is 23.1 Å². The molecule has 0 bridgehead atoms. The number of benzene rings is 1. The maximum absolute atomic E-state index is 12.9. The Morgan fingerprint density at radius 1 is 1.36 bits per heavy atom. The molecular weight excluding hydrogens is 342 g/mol. The van der Waals surface area contributed by atoms with Crippen molar-refractivity contribution in [1.82, 2.24) is 9.21 Å². The zero-order chi connectivity index (χ0) is 18.6. The molecule has 1 atom stereocenters. The van der Waals surface area contributed by atoms with Crippen molar-refractivity contribution >= 4 is 15.9 Å². The van der Waals surface area contributed by atoms with Crippen LogP contribution in [0.2, 0.25) is 0 Å². The number of carbonyl (C=O) groups is 1. The normalized spacial score (nSPS) is 18.4. The fourth-order valence-corrected chi connectivity index (χ4v) is 4.58. The van der Waals surface area contributed by atoms with E-state index in [-0.39, 0.29) is 22.4 Å². The molecule has 0 spiro atoms. The molecule has 2 N–H and O–H groups in total. The number of likely N-dealkylation sites (tertiary alicyclic amines) is 1. The molecule has 1 aliphatic heterocycles. The van der Waals surface area contributed by atoms with E-state index in [1.165, 1.54) is 29.6 Å². The fourth-order valence-electron chi connectivity index (χ4n) is 3.09. The van der Waals surface area contributed by atoms with Crippen LogP contribution in [0.4, 0.5) is 0 Å². The van der Waals surface area contributed by atoms with Gasteiger partial charge in [-0.25, -0.2) is 8.42 Å². The zero-order valence-electron chi connectivity index (χ0n) is 15.1. The smallest absolute Gasteiger partial charge is 0.257 e. The average Bonchev–Trinajstić information content (AvgIpc) is 2.61. The first kappa shape index (κ1) is 19.7. The van der Waals surface area contributed by atoms with E-state index in [0.29, 0.717) is 31.9 Å². The summed E-state index contributed by atoms with van der Waals surface area (Å²) in [6.07, 6.45) is 1.73. The van der Waals surface area contributed by atoms with Crippen molar-refractivity contribution in [2.45, 2.75) is 37.6 Å². The topological polar surface area (TPSA) is 92.9 Å². The highest BCUT2D eigenvalue weighted by Gasteiger charge is 2.28. The van der Waals surface area contributed by atoms with Gasteiger partial charge in [0.2, 0.25) is 10.0 Å². The third-order valence-electron chi connectivity index (χ3n) is 4.49. The van der Waals surface area contributed by atoms with Crippen LogP contribution in [0, 0.1) is 0 Å². The van der Waals surface area contributed by atoms with Crippen LogP contribution in [0.1, 0.15) is 37.0 Å². The molecule has 1 aromatic rings. The zero-order valence-corrected chi connectivity index (χ0v) is 15.9. The van der Waals surface area contributed by atoms with E-state index < -0.39 is 10.0 Å². The largest absolute Gasteiger partial charge is 0.496 e. The van der Waals surface area contributed by atoms with Crippen molar-refractivity contribution in [3.05, 3.63) is 23.8 Å². The Bertz CT molecular complexity index is 717. The highest BCUT2D eigenvalue weighted by atomic mass is 32.2. The van der Waals surface area contributed by atoms with Crippen molar-refractivity contribution in [2.24, 2.45) is 5.73 Å². The fraction of sp³-hybridized carbons (Fsp3) is 0.588. The number of piperidine rings is 1. The van der Waals surface area contributed by atoms with E-state index in [1.54, 1.807) is 18.7 Å². The molecule has 1 unspecified atom stereocenters. The summed E-state index contributed by atoms with van der Waals surface area (Å²) in [5.41, 5.74) is 6.21. The summed E-state index contributed by atoms with van der Waals surface area (Å²) in [5, 5.41) is 0. The van der Waals surface area contributed by atoms with Gasteiger partial charge in [0.05, 0.1) is 17.6 Å². The predicted molar refractivity (Wildman–Crippen MR) is 96.2 cm³/mol. The van der Waals surface area contributed by atoms with Crippen molar-refractivity contribution < 1.29 is 17.9 Å². The Hall–Kier alpha value is -1.64. The van der Waals surface area contributed by atoms with Gasteiger partial charge in [-0.15, -0.1) is 0 Å². The van der Waals surface area contributed by atoms with E-state index in [0.717, 1.165) is 12.8 Å². The molecule has 1 fully saturated rings. The lowest BCUT2D eigenvalue weighted by atomic mass is 10.0. The number of rotatable bonds is 6. The number of nitrogens with zero attached hydrogens (tertiary/aromatic N) is 2. The summed E-state index contributed by atoms with van der Waals surface area (Å²) in [6.45, 7) is 5.39. The van der Waals surface area contributed by atoms with E-state index in [4.69, 9.17) is 10.5 Å². The maximum Gasteiger partial charge on any atom is 0.257 e. The number of hydrogen-bond donors (Lipinski definition) is 1. The van der Waals surface area contributed by atoms with E-state index in [1.807, 2.05) is 0 Å². The lowest BCUT2D eigenvalue weighted by molar-refractivity contribution is 0.0705. The third-order valence-corrected chi connectivity index (χ3v) is 6.54. The lowest BCUT2D eigenvalue weighted by Crippen LogP contribution is -2.45. The van der Waals surface area contributed by atoms with Gasteiger partial charge in [-0.3, -0.25) is 4.79 Å². The van der Waals surface area contributed by atoms with E-state index in [9.17, 15) is 13.2 Å². The molecule has 0 radical (unpaired) electrons. The van der Waals surface area contributed by atoms with Crippen LogP contribution in [0.3, 0.4) is 0 Å². The van der Waals surface area contributed by atoms with Crippen LogP contribution in [0.25, 0.3) is 0 Å². The van der Waals surface area contributed by atoms with Gasteiger partial charge >= 0.3 is 0 Å². The first-order valence-electron chi connectivity index (χ1n) is 8.58. The number of methoxy groups -OCH3 is 1. The summed E-state index contributed by atoms with van der Waals surface area (Å²) in [5.74, 6) is 0.117. The van der Waals surface area contributed by atoms with Gasteiger partial charge in [0.1, 0.15) is 5.75 Å². The molecule has 25 heavy (non-hydrogen) atoms. The molecule has 1 aromatic carbocycles. The first-order chi connectivity index (χ1) is 11.8. The Morgan fingerprint density at radius 2 is 2.04 bits per heavy atom. The van der Waals surface area contributed by atoms with Gasteiger partial charge in [0, 0.05) is 32.2 Å². The maximum atomic E-state index is 12.9. The number of hydrogen-bond acceptors (Lipinski definition) is 5. The number of sulfonamides is 1. The highest BCUT2D eigenvalue weighted by Crippen LogP contribution is 2.26. The van der Waals surface area contributed by atoms with Crippen LogP contribution in [-0.4, -0.2) is 62.9 Å². The summed E-state index contributed by atoms with van der Waals surface area (Å²) in [7, 11) is -2.18. The van der Waals surface area contributed by atoms with Crippen molar-refractivity contribution in [3.63, 3.8) is 0 Å². The minimum atomic E-state index is -3.64. The molecule has 0 aromatic heterocycles. The van der Waals surface area contributed by atoms with Gasteiger partial charge < -0.3 is 15.4 Å². The minimum absolute atomic E-state index is 0.0497. The number of nitrogens with two attached hydrogens (primary N) is 1. The number of carbonyl (C=O) groups excluding carboxylic acids is 1. The molecule has 0 aliphatic carbocycles. The van der Waals surface area contributed by atoms with Gasteiger partial charge in [0.25, 0.3) is 5.91 Å². The van der Waals surface area contributed by atoms with Gasteiger partial charge in [-0.1, -0.05) is 13.8 Å². The van der Waals surface area contributed by atoms with E-state index >= 15 is 0 Å². The van der Waals surface area contributed by atoms with Crippen LogP contribution in [0.5, 0.6) is 5.75 Å². The molecule has 1 amide bonds. The molecule has 140 valence electrons. The van der Waals surface area contributed by atoms with Crippen molar-refractivity contribution in [1.29, 1.82) is 0 Å². The van der Waals surface area contributed by atoms with Gasteiger partial charge in [-0.05, 0) is 31.0 Å². The molecule has 8 heteroatoms. The third kappa shape index (κ3) is 4.13. The molecular formula is C17H27N3O4S. The second-order valence-corrected chi connectivity index (χ2v) is 8.04. The Balaban J connectivity index is 2.42. The number of ether oxygens (including phenoxy) is 1. The first-order valence-corrected chi connectivity index (χ1v) is 10.0. The quantitative estimate of drug-likeness (QED) is 0.816. The summed E-state index contributed by atoms with van der Waals surface area (Å²) in [6, 6.07) is 4.37. The Labute approximate surface area is 149 Å². The predicted octanol–water partition coefficient (Wildman–Crippen LogP) is 1.29. The molecule has 0 saturated carbocycles.